The fourth-order valence-electron chi connectivity index (χ4n) is 3.41. The summed E-state index contributed by atoms with van der Waals surface area (Å²) in [6.07, 6.45) is 6.74. The minimum atomic E-state index is 0.479. The van der Waals surface area contributed by atoms with E-state index in [0.29, 0.717) is 47.5 Å². The summed E-state index contributed by atoms with van der Waals surface area (Å²) in [7, 11) is 1.63. The first-order valence-corrected chi connectivity index (χ1v) is 12.2. The molecule has 5 rings (SSSR count). The average molecular weight is 462 g/mol. The lowest BCUT2D eigenvalue weighted by atomic mass is 10.1. The number of rotatable bonds is 8. The van der Waals surface area contributed by atoms with Crippen LogP contribution in [0, 0.1) is 19.8 Å². The van der Waals surface area contributed by atoms with Gasteiger partial charge >= 0.3 is 0 Å². The van der Waals surface area contributed by atoms with Crippen molar-refractivity contribution in [3.8, 4) is 23.1 Å². The molecule has 180 valence electrons. The third-order valence-corrected chi connectivity index (χ3v) is 6.00. The summed E-state index contributed by atoms with van der Waals surface area (Å²) in [6, 6.07) is 11.8. The number of methoxy groups -OCH3 is 1. The number of ether oxygens (including phenoxy) is 3. The fraction of sp³-hybridized carbons (Fsp3) is 0.464. The van der Waals surface area contributed by atoms with Crippen molar-refractivity contribution in [3.05, 3.63) is 65.4 Å². The third-order valence-electron chi connectivity index (χ3n) is 6.00. The Kier molecular flexibility index (Phi) is 7.66. The summed E-state index contributed by atoms with van der Waals surface area (Å²) in [5.41, 5.74) is 3.21. The van der Waals surface area contributed by atoms with Gasteiger partial charge in [-0.3, -0.25) is 4.98 Å². The molecule has 6 nitrogen and oxygen atoms in total. The van der Waals surface area contributed by atoms with Crippen LogP contribution < -0.4 is 14.2 Å². The highest BCUT2D eigenvalue weighted by Crippen LogP contribution is 2.43. The highest BCUT2D eigenvalue weighted by molar-refractivity contribution is 5.47. The molecular formula is C28H35N3O3. The van der Waals surface area contributed by atoms with Gasteiger partial charge in [0, 0.05) is 17.8 Å². The monoisotopic (exact) mass is 461 g/mol. The summed E-state index contributed by atoms with van der Waals surface area (Å²) >= 11 is 0. The quantitative estimate of drug-likeness (QED) is 0.369. The lowest BCUT2D eigenvalue weighted by Crippen LogP contribution is -2.07. The van der Waals surface area contributed by atoms with Crippen molar-refractivity contribution in [2.24, 2.45) is 5.92 Å². The van der Waals surface area contributed by atoms with Gasteiger partial charge in [-0.2, -0.15) is 4.98 Å². The lowest BCUT2D eigenvalue weighted by molar-refractivity contribution is 0.270. The van der Waals surface area contributed by atoms with Crippen LogP contribution >= 0.6 is 0 Å². The predicted molar refractivity (Wildman–Crippen MR) is 133 cm³/mol. The Hall–Kier alpha value is -3.15. The van der Waals surface area contributed by atoms with E-state index in [4.69, 9.17) is 14.2 Å². The fourth-order valence-corrected chi connectivity index (χ4v) is 3.41. The second-order valence-corrected chi connectivity index (χ2v) is 9.47. The van der Waals surface area contributed by atoms with Crippen LogP contribution in [0.15, 0.2) is 42.6 Å². The van der Waals surface area contributed by atoms with E-state index in [9.17, 15) is 0 Å². The van der Waals surface area contributed by atoms with Gasteiger partial charge < -0.3 is 14.2 Å². The van der Waals surface area contributed by atoms with Crippen LogP contribution in [0.25, 0.3) is 0 Å². The van der Waals surface area contributed by atoms with Gasteiger partial charge in [0.1, 0.15) is 5.82 Å². The highest BCUT2D eigenvalue weighted by Gasteiger charge is 2.30. The SMILES string of the molecule is COc1ccccc1Oc1c(C)nc(C2CC2)nc1OCC1CC1.Cc1ccc(C(C)C)cn1. The second kappa shape index (κ2) is 10.9. The molecule has 0 unspecified atom stereocenters. The molecule has 34 heavy (non-hydrogen) atoms. The number of aromatic nitrogens is 3. The molecule has 0 amide bonds. The number of para-hydroxylation sites is 2. The molecule has 2 saturated carbocycles. The minimum absolute atomic E-state index is 0.479. The number of nitrogens with zero attached hydrogens (tertiary/aromatic N) is 3. The van der Waals surface area contributed by atoms with Crippen LogP contribution in [0.4, 0.5) is 0 Å². The van der Waals surface area contributed by atoms with Gasteiger partial charge in [-0.15, -0.1) is 0 Å². The van der Waals surface area contributed by atoms with E-state index < -0.39 is 0 Å². The van der Waals surface area contributed by atoms with Crippen molar-refractivity contribution in [2.75, 3.05) is 13.7 Å². The molecule has 2 aromatic heterocycles. The Bertz CT molecular complexity index is 1090. The predicted octanol–water partition coefficient (Wildman–Crippen LogP) is 6.77. The van der Waals surface area contributed by atoms with Crippen molar-refractivity contribution < 1.29 is 14.2 Å². The maximum Gasteiger partial charge on any atom is 0.261 e. The van der Waals surface area contributed by atoms with Crippen molar-refractivity contribution >= 4 is 0 Å². The Balaban J connectivity index is 0.000000231. The largest absolute Gasteiger partial charge is 0.493 e. The molecule has 0 radical (unpaired) electrons. The standard InChI is InChI=1S/C19H22N2O3.C9H13N/c1-12-17(24-16-6-4-3-5-15(16)22-2)19(23-11-13-7-8-13)21-18(20-12)14-9-10-14;1-7(2)9-5-4-8(3)10-6-9/h3-6,13-14H,7-11H2,1-2H3;4-7H,1-3H3. The highest BCUT2D eigenvalue weighted by atomic mass is 16.5. The zero-order chi connectivity index (χ0) is 24.1. The van der Waals surface area contributed by atoms with Crippen LogP contribution in [0.5, 0.6) is 23.1 Å². The van der Waals surface area contributed by atoms with Crippen LogP contribution in [-0.4, -0.2) is 28.7 Å². The summed E-state index contributed by atoms with van der Waals surface area (Å²) < 4.78 is 17.5. The van der Waals surface area contributed by atoms with E-state index in [2.05, 4.69) is 40.9 Å². The molecule has 1 aromatic carbocycles. The molecule has 0 atom stereocenters. The lowest BCUT2D eigenvalue weighted by Gasteiger charge is -2.16. The molecule has 2 aliphatic rings. The maximum atomic E-state index is 6.10. The topological polar surface area (TPSA) is 66.4 Å². The van der Waals surface area contributed by atoms with Crippen molar-refractivity contribution in [1.29, 1.82) is 0 Å². The van der Waals surface area contributed by atoms with E-state index in [1.807, 2.05) is 44.3 Å². The van der Waals surface area contributed by atoms with E-state index in [-0.39, 0.29) is 0 Å². The number of hydrogen-bond donors (Lipinski definition) is 0. The smallest absolute Gasteiger partial charge is 0.261 e. The summed E-state index contributed by atoms with van der Waals surface area (Å²) in [6.45, 7) is 8.99. The minimum Gasteiger partial charge on any atom is -0.493 e. The van der Waals surface area contributed by atoms with Crippen molar-refractivity contribution in [3.63, 3.8) is 0 Å². The van der Waals surface area contributed by atoms with Gasteiger partial charge in [-0.25, -0.2) is 4.98 Å². The maximum absolute atomic E-state index is 6.10. The van der Waals surface area contributed by atoms with Crippen LogP contribution in [0.2, 0.25) is 0 Å². The summed E-state index contributed by atoms with van der Waals surface area (Å²) in [5, 5.41) is 0. The van der Waals surface area contributed by atoms with E-state index in [1.54, 1.807) is 7.11 Å². The Morgan fingerprint density at radius 1 is 0.941 bits per heavy atom. The molecule has 6 heteroatoms. The van der Waals surface area contributed by atoms with Gasteiger partial charge in [0.2, 0.25) is 5.75 Å². The zero-order valence-corrected chi connectivity index (χ0v) is 20.9. The van der Waals surface area contributed by atoms with Gasteiger partial charge in [-0.05, 0) is 75.1 Å². The second-order valence-electron chi connectivity index (χ2n) is 9.47. The average Bonchev–Trinajstić information content (AvgIpc) is 3.74. The van der Waals surface area contributed by atoms with E-state index in [1.165, 1.54) is 18.4 Å². The number of aryl methyl sites for hydroxylation is 2. The summed E-state index contributed by atoms with van der Waals surface area (Å²) in [5.74, 6) is 5.07. The zero-order valence-electron chi connectivity index (χ0n) is 20.9. The van der Waals surface area contributed by atoms with Crippen LogP contribution in [0.1, 0.15) is 74.1 Å². The molecule has 0 spiro atoms. The van der Waals surface area contributed by atoms with Crippen LogP contribution in [-0.2, 0) is 0 Å². The van der Waals surface area contributed by atoms with Gasteiger partial charge in [0.25, 0.3) is 5.88 Å². The van der Waals surface area contributed by atoms with E-state index in [0.717, 1.165) is 30.1 Å². The third kappa shape index (κ3) is 6.46. The molecule has 0 N–H and O–H groups in total. The van der Waals surface area contributed by atoms with E-state index >= 15 is 0 Å². The molecule has 2 heterocycles. The Morgan fingerprint density at radius 2 is 1.68 bits per heavy atom. The van der Waals surface area contributed by atoms with Gasteiger partial charge in [0.05, 0.1) is 19.4 Å². The molecule has 0 aliphatic heterocycles. The molecule has 3 aromatic rings. The number of pyridine rings is 1. The first kappa shape index (κ1) is 24.0. The molecule has 0 bridgehead atoms. The first-order chi connectivity index (χ1) is 16.4. The van der Waals surface area contributed by atoms with Crippen molar-refractivity contribution in [1.82, 2.24) is 15.0 Å². The number of benzene rings is 1. The van der Waals surface area contributed by atoms with Gasteiger partial charge in [0.15, 0.2) is 11.5 Å². The van der Waals surface area contributed by atoms with Crippen molar-refractivity contribution in [2.45, 2.75) is 65.2 Å². The molecule has 2 aliphatic carbocycles. The number of hydrogen-bond acceptors (Lipinski definition) is 6. The first-order valence-electron chi connectivity index (χ1n) is 12.2. The summed E-state index contributed by atoms with van der Waals surface area (Å²) in [4.78, 5) is 13.5. The Morgan fingerprint density at radius 3 is 2.26 bits per heavy atom. The van der Waals surface area contributed by atoms with Gasteiger partial charge in [-0.1, -0.05) is 32.0 Å². The normalized spacial score (nSPS) is 14.9. The molecule has 2 fully saturated rings. The Labute approximate surface area is 202 Å². The molecular weight excluding hydrogens is 426 g/mol. The molecule has 0 saturated heterocycles. The van der Waals surface area contributed by atoms with Crippen LogP contribution in [0.3, 0.4) is 0 Å².